The fraction of sp³-hybridized carbons (Fsp3) is 0.450. The number of hydrogen-bond donors (Lipinski definition) is 1. The minimum Gasteiger partial charge on any atom is -0.491 e. The van der Waals surface area contributed by atoms with Gasteiger partial charge in [-0.1, -0.05) is 5.21 Å². The lowest BCUT2D eigenvalue weighted by molar-refractivity contribution is 0.0946. The van der Waals surface area contributed by atoms with Gasteiger partial charge in [0.15, 0.2) is 11.4 Å². The van der Waals surface area contributed by atoms with Crippen LogP contribution in [0.25, 0.3) is 5.69 Å². The number of benzene rings is 1. The Kier molecular flexibility index (Phi) is 5.73. The Morgan fingerprint density at radius 1 is 1.29 bits per heavy atom. The molecule has 0 radical (unpaired) electrons. The number of terminal acetylenes is 1. The molecule has 0 spiro atoms. The van der Waals surface area contributed by atoms with Crippen LogP contribution in [0.1, 0.15) is 49.3 Å². The number of ether oxygens (including phenoxy) is 1. The van der Waals surface area contributed by atoms with Crippen LogP contribution in [-0.4, -0.2) is 39.2 Å². The maximum absolute atomic E-state index is 12.5. The highest BCUT2D eigenvalue weighted by atomic mass is 16.5. The molecule has 1 aromatic carbocycles. The van der Waals surface area contributed by atoms with Gasteiger partial charge in [0.05, 0.1) is 17.5 Å². The Hall–Kier alpha value is -3.21. The summed E-state index contributed by atoms with van der Waals surface area (Å²) >= 11 is 0. The number of rotatable bonds is 9. The van der Waals surface area contributed by atoms with E-state index in [1.54, 1.807) is 4.68 Å². The van der Waals surface area contributed by atoms with Crippen molar-refractivity contribution in [3.05, 3.63) is 35.7 Å². The van der Waals surface area contributed by atoms with E-state index in [0.717, 1.165) is 11.4 Å². The van der Waals surface area contributed by atoms with E-state index in [0.29, 0.717) is 37.2 Å². The second kappa shape index (κ2) is 8.21. The molecule has 2 aromatic rings. The number of amides is 1. The van der Waals surface area contributed by atoms with Gasteiger partial charge < -0.3 is 10.1 Å². The molecule has 0 fully saturated rings. The number of aromatic nitrogens is 3. The first-order valence-corrected chi connectivity index (χ1v) is 9.29. The maximum Gasteiger partial charge on any atom is 0.273 e. The Morgan fingerprint density at radius 2 is 2.00 bits per heavy atom. The Bertz CT molecular complexity index is 902. The molecule has 1 aliphatic rings. The van der Waals surface area contributed by atoms with E-state index in [1.165, 1.54) is 0 Å². The summed E-state index contributed by atoms with van der Waals surface area (Å²) in [4.78, 5) is 12.5. The van der Waals surface area contributed by atoms with Crippen molar-refractivity contribution in [1.29, 1.82) is 0 Å². The molecule has 1 amide bonds. The summed E-state index contributed by atoms with van der Waals surface area (Å²) < 4.78 is 7.28. The standard InChI is InChI=1S/C20H24N6O2/c1-5-6-11-20(23-24-20)12-13-21-19(27)18-15(4)26(25-22-18)16-7-9-17(10-8-16)28-14(2)3/h1,7-10,14H,6,11-13H2,2-4H3,(H,21,27). The third-order valence-corrected chi connectivity index (χ3v) is 4.43. The summed E-state index contributed by atoms with van der Waals surface area (Å²) in [6.07, 6.45) is 7.36. The van der Waals surface area contributed by atoms with E-state index in [2.05, 4.69) is 31.8 Å². The SMILES string of the molecule is C#CCCC1(CCNC(=O)c2nnn(-c3ccc(OC(C)C)cc3)c2C)N=N1. The van der Waals surface area contributed by atoms with E-state index in [4.69, 9.17) is 11.2 Å². The normalized spacial score (nSPS) is 14.0. The Balaban J connectivity index is 1.59. The zero-order valence-corrected chi connectivity index (χ0v) is 16.3. The molecule has 0 unspecified atom stereocenters. The topological polar surface area (TPSA) is 93.8 Å². The summed E-state index contributed by atoms with van der Waals surface area (Å²) in [5.41, 5.74) is 1.36. The van der Waals surface area contributed by atoms with Crippen LogP contribution in [0.3, 0.4) is 0 Å². The molecule has 1 aromatic heterocycles. The van der Waals surface area contributed by atoms with Crippen LogP contribution in [0.4, 0.5) is 0 Å². The lowest BCUT2D eigenvalue weighted by Gasteiger charge is -2.10. The first-order valence-electron chi connectivity index (χ1n) is 9.29. The molecule has 0 saturated carbocycles. The molecule has 8 nitrogen and oxygen atoms in total. The van der Waals surface area contributed by atoms with E-state index in [9.17, 15) is 4.79 Å². The molecule has 3 rings (SSSR count). The van der Waals surface area contributed by atoms with Crippen LogP contribution in [0, 0.1) is 19.3 Å². The molecule has 0 atom stereocenters. The van der Waals surface area contributed by atoms with Crippen LogP contribution in [0.5, 0.6) is 5.75 Å². The summed E-state index contributed by atoms with van der Waals surface area (Å²) in [6.45, 7) is 6.21. The predicted molar refractivity (Wildman–Crippen MR) is 104 cm³/mol. The number of carbonyl (C=O) groups is 1. The van der Waals surface area contributed by atoms with Crippen molar-refractivity contribution < 1.29 is 9.53 Å². The minimum absolute atomic E-state index is 0.108. The molecule has 146 valence electrons. The van der Waals surface area contributed by atoms with Crippen LogP contribution < -0.4 is 10.1 Å². The molecule has 0 bridgehead atoms. The highest BCUT2D eigenvalue weighted by Crippen LogP contribution is 2.36. The van der Waals surface area contributed by atoms with Gasteiger partial charge in [-0.05, 0) is 45.0 Å². The van der Waals surface area contributed by atoms with Gasteiger partial charge in [-0.15, -0.1) is 17.4 Å². The van der Waals surface area contributed by atoms with Crippen molar-refractivity contribution in [2.24, 2.45) is 10.2 Å². The van der Waals surface area contributed by atoms with E-state index >= 15 is 0 Å². The van der Waals surface area contributed by atoms with E-state index in [-0.39, 0.29) is 12.0 Å². The molecule has 0 saturated heterocycles. The third-order valence-electron chi connectivity index (χ3n) is 4.43. The largest absolute Gasteiger partial charge is 0.491 e. The summed E-state index contributed by atoms with van der Waals surface area (Å²) in [5, 5.41) is 19.1. The zero-order valence-electron chi connectivity index (χ0n) is 16.3. The van der Waals surface area contributed by atoms with Gasteiger partial charge in [-0.25, -0.2) is 4.68 Å². The molecular formula is C20H24N6O2. The number of hydrogen-bond acceptors (Lipinski definition) is 6. The van der Waals surface area contributed by atoms with Crippen molar-refractivity contribution in [3.8, 4) is 23.8 Å². The first kappa shape index (κ1) is 19.5. The van der Waals surface area contributed by atoms with Gasteiger partial charge in [0.2, 0.25) is 0 Å². The summed E-state index contributed by atoms with van der Waals surface area (Å²) in [7, 11) is 0. The molecule has 1 aliphatic heterocycles. The van der Waals surface area contributed by atoms with Gasteiger partial charge in [-0.2, -0.15) is 10.2 Å². The van der Waals surface area contributed by atoms with Crippen molar-refractivity contribution in [2.75, 3.05) is 6.54 Å². The quantitative estimate of drug-likeness (QED) is 0.677. The number of carbonyl (C=O) groups excluding carboxylic acids is 1. The number of nitrogens with zero attached hydrogens (tertiary/aromatic N) is 5. The zero-order chi connectivity index (χ0) is 20.1. The van der Waals surface area contributed by atoms with Crippen LogP contribution in [0.2, 0.25) is 0 Å². The molecule has 8 heteroatoms. The fourth-order valence-electron chi connectivity index (χ4n) is 2.85. The second-order valence-electron chi connectivity index (χ2n) is 6.99. The minimum atomic E-state index is -0.411. The van der Waals surface area contributed by atoms with Crippen molar-refractivity contribution in [2.45, 2.75) is 51.8 Å². The van der Waals surface area contributed by atoms with Crippen LogP contribution in [-0.2, 0) is 0 Å². The Morgan fingerprint density at radius 3 is 2.61 bits per heavy atom. The molecule has 1 N–H and O–H groups in total. The fourth-order valence-corrected chi connectivity index (χ4v) is 2.85. The smallest absolute Gasteiger partial charge is 0.273 e. The van der Waals surface area contributed by atoms with Crippen molar-refractivity contribution in [1.82, 2.24) is 20.3 Å². The van der Waals surface area contributed by atoms with Gasteiger partial charge in [0.1, 0.15) is 5.75 Å². The second-order valence-corrected chi connectivity index (χ2v) is 6.99. The van der Waals surface area contributed by atoms with Crippen molar-refractivity contribution >= 4 is 5.91 Å². The van der Waals surface area contributed by atoms with Gasteiger partial charge in [0.25, 0.3) is 5.91 Å². The van der Waals surface area contributed by atoms with Gasteiger partial charge >= 0.3 is 0 Å². The Labute approximate surface area is 164 Å². The van der Waals surface area contributed by atoms with Gasteiger partial charge in [0, 0.05) is 25.8 Å². The van der Waals surface area contributed by atoms with Crippen LogP contribution >= 0.6 is 0 Å². The predicted octanol–water partition coefficient (Wildman–Crippen LogP) is 3.06. The average molecular weight is 380 g/mol. The summed E-state index contributed by atoms with van der Waals surface area (Å²) in [5.74, 6) is 3.11. The highest BCUT2D eigenvalue weighted by molar-refractivity contribution is 5.93. The third kappa shape index (κ3) is 4.55. The van der Waals surface area contributed by atoms with Crippen LogP contribution in [0.15, 0.2) is 34.5 Å². The summed E-state index contributed by atoms with van der Waals surface area (Å²) in [6, 6.07) is 7.50. The molecule has 2 heterocycles. The molecule has 0 aliphatic carbocycles. The van der Waals surface area contributed by atoms with Crippen molar-refractivity contribution in [3.63, 3.8) is 0 Å². The lowest BCUT2D eigenvalue weighted by atomic mass is 10.0. The average Bonchev–Trinajstić information content (AvgIpc) is 3.33. The monoisotopic (exact) mass is 380 g/mol. The molecular weight excluding hydrogens is 356 g/mol. The highest BCUT2D eigenvalue weighted by Gasteiger charge is 2.38. The first-order chi connectivity index (χ1) is 13.4. The molecule has 28 heavy (non-hydrogen) atoms. The van der Waals surface area contributed by atoms with E-state index < -0.39 is 5.66 Å². The maximum atomic E-state index is 12.5. The number of nitrogens with one attached hydrogen (secondary N) is 1. The van der Waals surface area contributed by atoms with Gasteiger partial charge in [-0.3, -0.25) is 4.79 Å². The lowest BCUT2D eigenvalue weighted by Crippen LogP contribution is -2.29. The van der Waals surface area contributed by atoms with E-state index in [1.807, 2.05) is 45.0 Å².